The normalized spacial score (nSPS) is 12.1. The highest BCUT2D eigenvalue weighted by molar-refractivity contribution is 7.89. The Bertz CT molecular complexity index is 856. The van der Waals surface area contributed by atoms with Crippen LogP contribution in [0.25, 0.3) is 0 Å². The van der Waals surface area contributed by atoms with E-state index < -0.39 is 16.1 Å². The van der Waals surface area contributed by atoms with Crippen LogP contribution in [0.4, 0.5) is 0 Å². The first-order valence-corrected chi connectivity index (χ1v) is 10.1. The minimum atomic E-state index is -3.55. The molecule has 9 heteroatoms. The van der Waals surface area contributed by atoms with Crippen LogP contribution >= 0.6 is 12.4 Å². The Labute approximate surface area is 171 Å². The SMILES string of the molecule is Cc1ccc(S(=O)(=O)NCCCNC(=O)[C@@H](N)Cc2ccc(O)cc2)cc1.Cl. The molecule has 0 bridgehead atoms. The van der Waals surface area contributed by atoms with Crippen molar-refractivity contribution in [2.24, 2.45) is 5.73 Å². The largest absolute Gasteiger partial charge is 0.508 e. The van der Waals surface area contributed by atoms with Crippen molar-refractivity contribution < 1.29 is 18.3 Å². The summed E-state index contributed by atoms with van der Waals surface area (Å²) < 4.78 is 26.8. The molecule has 0 aliphatic heterocycles. The zero-order valence-corrected chi connectivity index (χ0v) is 17.2. The topological polar surface area (TPSA) is 122 Å². The molecule has 2 rings (SSSR count). The second kappa shape index (κ2) is 11.0. The summed E-state index contributed by atoms with van der Waals surface area (Å²) in [6.07, 6.45) is 0.801. The number of hydrogen-bond acceptors (Lipinski definition) is 5. The highest BCUT2D eigenvalue weighted by Crippen LogP contribution is 2.11. The van der Waals surface area contributed by atoms with Crippen molar-refractivity contribution >= 4 is 28.3 Å². The van der Waals surface area contributed by atoms with Gasteiger partial charge < -0.3 is 16.2 Å². The minimum absolute atomic E-state index is 0. The summed E-state index contributed by atoms with van der Waals surface area (Å²) in [6, 6.07) is 12.4. The van der Waals surface area contributed by atoms with Gasteiger partial charge in [-0.1, -0.05) is 29.8 Å². The van der Waals surface area contributed by atoms with Gasteiger partial charge >= 0.3 is 0 Å². The summed E-state index contributed by atoms with van der Waals surface area (Å²) in [6.45, 7) is 2.42. The number of amides is 1. The van der Waals surface area contributed by atoms with Gasteiger partial charge in [-0.3, -0.25) is 4.79 Å². The van der Waals surface area contributed by atoms with Gasteiger partial charge in [0.05, 0.1) is 10.9 Å². The fourth-order valence-corrected chi connectivity index (χ4v) is 3.49. The summed E-state index contributed by atoms with van der Waals surface area (Å²) in [7, 11) is -3.55. The summed E-state index contributed by atoms with van der Waals surface area (Å²) >= 11 is 0. The molecule has 5 N–H and O–H groups in total. The zero-order chi connectivity index (χ0) is 19.9. The molecule has 2 aromatic rings. The van der Waals surface area contributed by atoms with Gasteiger partial charge in [-0.2, -0.15) is 0 Å². The molecule has 0 aromatic heterocycles. The van der Waals surface area contributed by atoms with Gasteiger partial charge in [0, 0.05) is 13.1 Å². The standard InChI is InChI=1S/C19H25N3O4S.ClH/c1-14-3-9-17(10-4-14)27(25,26)22-12-2-11-21-19(24)18(20)13-15-5-7-16(23)8-6-15;/h3-10,18,22-23H,2,11-13,20H2,1H3,(H,21,24);1H/t18-;/m0./s1. The van der Waals surface area contributed by atoms with Crippen LogP contribution in [0.15, 0.2) is 53.4 Å². The summed E-state index contributed by atoms with van der Waals surface area (Å²) in [5.74, 6) is -0.144. The summed E-state index contributed by atoms with van der Waals surface area (Å²) in [4.78, 5) is 12.2. The molecule has 2 aromatic carbocycles. The third kappa shape index (κ3) is 7.47. The number of halogens is 1. The Morgan fingerprint density at radius 2 is 1.68 bits per heavy atom. The number of benzene rings is 2. The van der Waals surface area contributed by atoms with E-state index >= 15 is 0 Å². The van der Waals surface area contributed by atoms with Crippen LogP contribution in [0, 0.1) is 6.92 Å². The first kappa shape index (κ1) is 23.9. The van der Waals surface area contributed by atoms with Gasteiger partial charge in [-0.15, -0.1) is 12.4 Å². The van der Waals surface area contributed by atoms with Crippen molar-refractivity contribution in [1.29, 1.82) is 0 Å². The number of phenolic OH excluding ortho intramolecular Hbond substituents is 1. The number of aryl methyl sites for hydroxylation is 1. The second-order valence-corrected chi connectivity index (χ2v) is 8.10. The maximum Gasteiger partial charge on any atom is 0.240 e. The van der Waals surface area contributed by atoms with Gasteiger partial charge in [0.15, 0.2) is 0 Å². The zero-order valence-electron chi connectivity index (χ0n) is 15.6. The third-order valence-corrected chi connectivity index (χ3v) is 5.48. The molecule has 0 spiro atoms. The molecule has 0 saturated carbocycles. The molecule has 0 aliphatic rings. The van der Waals surface area contributed by atoms with Crippen molar-refractivity contribution in [3.8, 4) is 5.75 Å². The Balaban J connectivity index is 0.00000392. The van der Waals surface area contributed by atoms with Crippen LogP contribution in [0.2, 0.25) is 0 Å². The number of sulfonamides is 1. The maximum absolute atomic E-state index is 12.1. The Kier molecular flexibility index (Phi) is 9.40. The van der Waals surface area contributed by atoms with Gasteiger partial charge in [-0.05, 0) is 49.6 Å². The van der Waals surface area contributed by atoms with E-state index in [1.54, 1.807) is 48.5 Å². The van der Waals surface area contributed by atoms with E-state index in [1.807, 2.05) is 6.92 Å². The molecule has 1 atom stereocenters. The van der Waals surface area contributed by atoms with Crippen molar-refractivity contribution in [3.63, 3.8) is 0 Å². The van der Waals surface area contributed by atoms with Crippen LogP contribution < -0.4 is 15.8 Å². The molecular weight excluding hydrogens is 402 g/mol. The molecule has 0 unspecified atom stereocenters. The van der Waals surface area contributed by atoms with Gasteiger partial charge in [-0.25, -0.2) is 13.1 Å². The fraction of sp³-hybridized carbons (Fsp3) is 0.316. The van der Waals surface area contributed by atoms with E-state index in [-0.39, 0.29) is 35.5 Å². The average Bonchev–Trinajstić information content (AvgIpc) is 2.63. The van der Waals surface area contributed by atoms with Crippen LogP contribution in [0.3, 0.4) is 0 Å². The first-order valence-electron chi connectivity index (χ1n) is 8.65. The first-order chi connectivity index (χ1) is 12.8. The van der Waals surface area contributed by atoms with Crippen molar-refractivity contribution in [2.45, 2.75) is 30.7 Å². The number of rotatable bonds is 9. The number of nitrogens with two attached hydrogens (primary N) is 1. The molecule has 0 aliphatic carbocycles. The van der Waals surface area contributed by atoms with E-state index in [0.29, 0.717) is 19.4 Å². The number of aromatic hydroxyl groups is 1. The number of hydrogen-bond donors (Lipinski definition) is 4. The summed E-state index contributed by atoms with van der Waals surface area (Å²) in [5, 5.41) is 11.9. The Hall–Kier alpha value is -2.13. The molecule has 0 saturated heterocycles. The highest BCUT2D eigenvalue weighted by atomic mass is 35.5. The fourth-order valence-electron chi connectivity index (χ4n) is 2.42. The predicted octanol–water partition coefficient (Wildman–Crippen LogP) is 1.48. The van der Waals surface area contributed by atoms with Crippen LogP contribution in [-0.2, 0) is 21.2 Å². The lowest BCUT2D eigenvalue weighted by Gasteiger charge is -2.13. The number of nitrogens with one attached hydrogen (secondary N) is 2. The lowest BCUT2D eigenvalue weighted by molar-refractivity contribution is -0.122. The van der Waals surface area contributed by atoms with E-state index in [4.69, 9.17) is 5.73 Å². The highest BCUT2D eigenvalue weighted by Gasteiger charge is 2.15. The monoisotopic (exact) mass is 427 g/mol. The van der Waals surface area contributed by atoms with Crippen molar-refractivity contribution in [2.75, 3.05) is 13.1 Å². The summed E-state index contributed by atoms with van der Waals surface area (Å²) in [5.41, 5.74) is 7.71. The number of carbonyl (C=O) groups is 1. The van der Waals surface area contributed by atoms with Crippen LogP contribution in [-0.4, -0.2) is 38.6 Å². The van der Waals surface area contributed by atoms with E-state index in [0.717, 1.165) is 11.1 Å². The lowest BCUT2D eigenvalue weighted by Crippen LogP contribution is -2.42. The van der Waals surface area contributed by atoms with Crippen molar-refractivity contribution in [3.05, 3.63) is 59.7 Å². The molecular formula is C19H26ClN3O4S. The van der Waals surface area contributed by atoms with Crippen LogP contribution in [0.1, 0.15) is 17.5 Å². The minimum Gasteiger partial charge on any atom is -0.508 e. The second-order valence-electron chi connectivity index (χ2n) is 6.33. The Morgan fingerprint density at radius 1 is 1.07 bits per heavy atom. The van der Waals surface area contributed by atoms with Gasteiger partial charge in [0.2, 0.25) is 15.9 Å². The van der Waals surface area contributed by atoms with E-state index in [9.17, 15) is 18.3 Å². The quantitative estimate of drug-likeness (QED) is 0.451. The molecule has 0 radical (unpaired) electrons. The van der Waals surface area contributed by atoms with E-state index in [2.05, 4.69) is 10.0 Å². The predicted molar refractivity (Wildman–Crippen MR) is 111 cm³/mol. The Morgan fingerprint density at radius 3 is 2.29 bits per heavy atom. The number of carbonyl (C=O) groups excluding carboxylic acids is 1. The van der Waals surface area contributed by atoms with Crippen molar-refractivity contribution in [1.82, 2.24) is 10.0 Å². The molecule has 7 nitrogen and oxygen atoms in total. The lowest BCUT2D eigenvalue weighted by atomic mass is 10.1. The molecule has 0 heterocycles. The van der Waals surface area contributed by atoms with E-state index in [1.165, 1.54) is 0 Å². The third-order valence-electron chi connectivity index (χ3n) is 4.00. The van der Waals surface area contributed by atoms with Gasteiger partial charge in [0.1, 0.15) is 5.75 Å². The average molecular weight is 428 g/mol. The molecule has 28 heavy (non-hydrogen) atoms. The molecule has 1 amide bonds. The maximum atomic E-state index is 12.1. The van der Waals surface area contributed by atoms with Gasteiger partial charge in [0.25, 0.3) is 0 Å². The smallest absolute Gasteiger partial charge is 0.240 e. The molecule has 154 valence electrons. The van der Waals surface area contributed by atoms with Crippen LogP contribution in [0.5, 0.6) is 5.75 Å². The number of phenols is 1. The molecule has 0 fully saturated rings.